The molecule has 0 amide bonds. The van der Waals surface area contributed by atoms with Gasteiger partial charge in [0.05, 0.1) is 11.9 Å². The van der Waals surface area contributed by atoms with E-state index in [2.05, 4.69) is 28.5 Å². The highest BCUT2D eigenvalue weighted by Gasteiger charge is 2.05. The summed E-state index contributed by atoms with van der Waals surface area (Å²) < 4.78 is 26.3. The number of H-pyrrole nitrogens is 1. The molecule has 2 N–H and O–H groups in total. The van der Waals surface area contributed by atoms with E-state index in [9.17, 15) is 8.78 Å². The van der Waals surface area contributed by atoms with Crippen LogP contribution < -0.4 is 5.43 Å². The largest absolute Gasteiger partial charge is 0.360 e. The molecule has 0 bridgehead atoms. The van der Waals surface area contributed by atoms with Crippen LogP contribution in [0.5, 0.6) is 0 Å². The van der Waals surface area contributed by atoms with Crippen LogP contribution in [0.15, 0.2) is 47.7 Å². The van der Waals surface area contributed by atoms with Gasteiger partial charge in [0.15, 0.2) is 5.82 Å². The van der Waals surface area contributed by atoms with Gasteiger partial charge in [-0.3, -0.25) is 5.43 Å². The average molecular weight is 299 g/mol. The van der Waals surface area contributed by atoms with Gasteiger partial charge in [-0.1, -0.05) is 25.1 Å². The number of aromatic amines is 1. The molecule has 3 nitrogen and oxygen atoms in total. The first-order valence-electron chi connectivity index (χ1n) is 7.02. The molecule has 0 saturated heterocycles. The predicted octanol–water partition coefficient (Wildman–Crippen LogP) is 4.45. The number of benzene rings is 2. The Morgan fingerprint density at radius 3 is 2.86 bits per heavy atom. The van der Waals surface area contributed by atoms with Crippen molar-refractivity contribution < 1.29 is 8.78 Å². The number of anilines is 1. The van der Waals surface area contributed by atoms with Gasteiger partial charge in [0, 0.05) is 28.7 Å². The molecule has 0 radical (unpaired) electrons. The zero-order chi connectivity index (χ0) is 15.5. The second-order valence-corrected chi connectivity index (χ2v) is 4.93. The molecule has 5 heteroatoms. The van der Waals surface area contributed by atoms with E-state index >= 15 is 0 Å². The number of fused-ring (bicyclic) bond motifs is 1. The molecule has 0 saturated carbocycles. The molecule has 0 spiro atoms. The van der Waals surface area contributed by atoms with E-state index in [-0.39, 0.29) is 5.69 Å². The first-order chi connectivity index (χ1) is 10.7. The van der Waals surface area contributed by atoms with Gasteiger partial charge in [-0.25, -0.2) is 8.78 Å². The molecular formula is C17H15F2N3. The fourth-order valence-electron chi connectivity index (χ4n) is 2.39. The number of hydrogen-bond acceptors (Lipinski definition) is 2. The summed E-state index contributed by atoms with van der Waals surface area (Å²) in [4.78, 5) is 3.23. The quantitative estimate of drug-likeness (QED) is 0.542. The second-order valence-electron chi connectivity index (χ2n) is 4.93. The minimum absolute atomic E-state index is 0.131. The lowest BCUT2D eigenvalue weighted by Gasteiger charge is -2.01. The monoisotopic (exact) mass is 299 g/mol. The highest BCUT2D eigenvalue weighted by atomic mass is 19.1. The summed E-state index contributed by atoms with van der Waals surface area (Å²) in [7, 11) is 0. The molecule has 0 unspecified atom stereocenters. The number of aromatic nitrogens is 1. The minimum Gasteiger partial charge on any atom is -0.360 e. The first kappa shape index (κ1) is 14.3. The zero-order valence-electron chi connectivity index (χ0n) is 12.0. The molecular weight excluding hydrogens is 284 g/mol. The smallest absolute Gasteiger partial charge is 0.151 e. The van der Waals surface area contributed by atoms with Crippen molar-refractivity contribution in [3.05, 3.63) is 65.4 Å². The molecule has 3 rings (SSSR count). The van der Waals surface area contributed by atoms with Crippen LogP contribution >= 0.6 is 0 Å². The van der Waals surface area contributed by atoms with Gasteiger partial charge in [0.25, 0.3) is 0 Å². The normalized spacial score (nSPS) is 11.4. The maximum atomic E-state index is 13.5. The molecule has 1 heterocycles. The Balaban J connectivity index is 1.84. The van der Waals surface area contributed by atoms with Crippen molar-refractivity contribution in [2.75, 3.05) is 5.43 Å². The topological polar surface area (TPSA) is 40.2 Å². The van der Waals surface area contributed by atoms with Crippen LogP contribution in [-0.4, -0.2) is 11.2 Å². The molecule has 1 aromatic heterocycles. The third-order valence-corrected chi connectivity index (χ3v) is 3.53. The third kappa shape index (κ3) is 2.70. The van der Waals surface area contributed by atoms with E-state index < -0.39 is 11.6 Å². The number of nitrogens with one attached hydrogen (secondary N) is 2. The Hall–Kier alpha value is -2.69. The van der Waals surface area contributed by atoms with Gasteiger partial charge in [-0.2, -0.15) is 5.10 Å². The van der Waals surface area contributed by atoms with E-state index in [0.29, 0.717) is 0 Å². The zero-order valence-corrected chi connectivity index (χ0v) is 12.0. The van der Waals surface area contributed by atoms with Crippen molar-refractivity contribution in [3.8, 4) is 0 Å². The summed E-state index contributed by atoms with van der Waals surface area (Å²) in [6, 6.07) is 9.39. The first-order valence-corrected chi connectivity index (χ1v) is 7.02. The minimum atomic E-state index is -0.677. The van der Waals surface area contributed by atoms with Crippen molar-refractivity contribution in [1.29, 1.82) is 0 Å². The van der Waals surface area contributed by atoms with Crippen LogP contribution in [0.1, 0.15) is 18.1 Å². The van der Waals surface area contributed by atoms with Crippen LogP contribution in [-0.2, 0) is 6.42 Å². The second kappa shape index (κ2) is 5.97. The molecule has 0 aliphatic carbocycles. The van der Waals surface area contributed by atoms with E-state index in [0.717, 1.165) is 29.0 Å². The number of hydrogen-bond donors (Lipinski definition) is 2. The van der Waals surface area contributed by atoms with Crippen molar-refractivity contribution in [3.63, 3.8) is 0 Å². The average Bonchev–Trinajstić information content (AvgIpc) is 2.93. The Morgan fingerprint density at radius 2 is 2.09 bits per heavy atom. The van der Waals surface area contributed by atoms with Crippen molar-refractivity contribution in [1.82, 2.24) is 4.98 Å². The lowest BCUT2D eigenvalue weighted by atomic mass is 10.1. The number of aryl methyl sites for hydroxylation is 1. The summed E-state index contributed by atoms with van der Waals surface area (Å²) in [5.74, 6) is -1.29. The maximum Gasteiger partial charge on any atom is 0.151 e. The SMILES string of the molecule is CCc1cccc2c(/C=N/Nc3ccc(F)cc3F)c[nH]c12. The van der Waals surface area contributed by atoms with Gasteiger partial charge in [-0.15, -0.1) is 0 Å². The summed E-state index contributed by atoms with van der Waals surface area (Å²) >= 11 is 0. The highest BCUT2D eigenvalue weighted by molar-refractivity contribution is 6.00. The van der Waals surface area contributed by atoms with Crippen molar-refractivity contribution >= 4 is 22.8 Å². The third-order valence-electron chi connectivity index (χ3n) is 3.53. The number of hydrazone groups is 1. The van der Waals surface area contributed by atoms with Gasteiger partial charge in [0.2, 0.25) is 0 Å². The van der Waals surface area contributed by atoms with Crippen LogP contribution in [0.3, 0.4) is 0 Å². The van der Waals surface area contributed by atoms with Crippen molar-refractivity contribution in [2.24, 2.45) is 5.10 Å². The Kier molecular flexibility index (Phi) is 3.87. The van der Waals surface area contributed by atoms with Gasteiger partial charge >= 0.3 is 0 Å². The van der Waals surface area contributed by atoms with E-state index in [1.165, 1.54) is 17.7 Å². The molecule has 2 aromatic carbocycles. The molecule has 0 atom stereocenters. The van der Waals surface area contributed by atoms with Gasteiger partial charge < -0.3 is 4.98 Å². The molecule has 3 aromatic rings. The lowest BCUT2D eigenvalue weighted by Crippen LogP contribution is -1.94. The van der Waals surface area contributed by atoms with Gasteiger partial charge in [-0.05, 0) is 24.1 Å². The molecule has 0 aliphatic heterocycles. The summed E-state index contributed by atoms with van der Waals surface area (Å²) in [6.07, 6.45) is 4.41. The molecule has 112 valence electrons. The summed E-state index contributed by atoms with van der Waals surface area (Å²) in [6.45, 7) is 2.10. The number of para-hydroxylation sites is 1. The molecule has 0 aliphatic rings. The molecule has 0 fully saturated rings. The van der Waals surface area contributed by atoms with Crippen LogP contribution in [0.2, 0.25) is 0 Å². The summed E-state index contributed by atoms with van der Waals surface area (Å²) in [5, 5.41) is 5.08. The molecule has 22 heavy (non-hydrogen) atoms. The lowest BCUT2D eigenvalue weighted by molar-refractivity contribution is 0.585. The van der Waals surface area contributed by atoms with Crippen molar-refractivity contribution in [2.45, 2.75) is 13.3 Å². The highest BCUT2D eigenvalue weighted by Crippen LogP contribution is 2.21. The number of halogens is 2. The Morgan fingerprint density at radius 1 is 1.23 bits per heavy atom. The van der Waals surface area contributed by atoms with Gasteiger partial charge in [0.1, 0.15) is 5.82 Å². The Bertz CT molecular complexity index is 837. The standard InChI is InChI=1S/C17H15F2N3/c1-2-11-4-3-5-14-12(9-20-17(11)14)10-21-22-16-7-6-13(18)8-15(16)19/h3-10,20,22H,2H2,1H3/b21-10+. The number of nitrogens with zero attached hydrogens (tertiary/aromatic N) is 1. The van der Waals surface area contributed by atoms with Crippen LogP contribution in [0, 0.1) is 11.6 Å². The number of rotatable bonds is 4. The fourth-order valence-corrected chi connectivity index (χ4v) is 2.39. The van der Waals surface area contributed by atoms with Crippen LogP contribution in [0.4, 0.5) is 14.5 Å². The van der Waals surface area contributed by atoms with Crippen LogP contribution in [0.25, 0.3) is 10.9 Å². The Labute approximate surface area is 126 Å². The predicted molar refractivity (Wildman–Crippen MR) is 85.3 cm³/mol. The fraction of sp³-hybridized carbons (Fsp3) is 0.118. The maximum absolute atomic E-state index is 13.5. The van der Waals surface area contributed by atoms with E-state index in [1.54, 1.807) is 6.21 Å². The van der Waals surface area contributed by atoms with E-state index in [4.69, 9.17) is 0 Å². The summed E-state index contributed by atoms with van der Waals surface area (Å²) in [5.41, 5.74) is 5.93. The van der Waals surface area contributed by atoms with E-state index in [1.807, 2.05) is 18.3 Å².